The number of benzene rings is 1. The summed E-state index contributed by atoms with van der Waals surface area (Å²) in [5.74, 6) is 0. The van der Waals surface area contributed by atoms with E-state index in [0.29, 0.717) is 13.2 Å². The zero-order valence-electron chi connectivity index (χ0n) is 8.52. The minimum Gasteiger partial charge on any atom is -0.375 e. The largest absolute Gasteiger partial charge is 0.375 e. The van der Waals surface area contributed by atoms with Gasteiger partial charge in [-0.1, -0.05) is 42.5 Å². The van der Waals surface area contributed by atoms with Gasteiger partial charge < -0.3 is 10.5 Å². The molecule has 1 aromatic rings. The second-order valence-electron chi connectivity index (χ2n) is 3.19. The lowest BCUT2D eigenvalue weighted by molar-refractivity contribution is 0.116. The van der Waals surface area contributed by atoms with Crippen LogP contribution in [-0.2, 0) is 11.3 Å². The van der Waals surface area contributed by atoms with E-state index in [1.165, 1.54) is 5.56 Å². The molecule has 0 spiro atoms. The number of rotatable bonds is 5. The Hall–Kier alpha value is -1.12. The van der Waals surface area contributed by atoms with Crippen LogP contribution < -0.4 is 5.73 Å². The third-order valence-corrected chi connectivity index (χ3v) is 1.86. The van der Waals surface area contributed by atoms with E-state index in [0.717, 1.165) is 0 Å². The van der Waals surface area contributed by atoms with Crippen molar-refractivity contribution in [3.63, 3.8) is 0 Å². The molecule has 0 aliphatic carbocycles. The summed E-state index contributed by atoms with van der Waals surface area (Å²) in [7, 11) is 0. The zero-order chi connectivity index (χ0) is 10.2. The Kier molecular flexibility index (Phi) is 4.97. The van der Waals surface area contributed by atoms with Gasteiger partial charge >= 0.3 is 0 Å². The Labute approximate surface area is 85.4 Å². The van der Waals surface area contributed by atoms with Crippen LogP contribution in [0.1, 0.15) is 12.5 Å². The maximum atomic E-state index is 5.74. The molecule has 0 aromatic heterocycles. The molecule has 2 N–H and O–H groups in total. The summed E-state index contributed by atoms with van der Waals surface area (Å²) in [5, 5.41) is 0. The number of nitrogens with two attached hydrogens (primary N) is 1. The van der Waals surface area contributed by atoms with Crippen molar-refractivity contribution in [2.45, 2.75) is 19.6 Å². The maximum absolute atomic E-state index is 5.74. The first-order chi connectivity index (χ1) is 6.83. The van der Waals surface area contributed by atoms with E-state index >= 15 is 0 Å². The van der Waals surface area contributed by atoms with Gasteiger partial charge in [0, 0.05) is 6.04 Å². The average Bonchev–Trinajstić information content (AvgIpc) is 2.20. The quantitative estimate of drug-likeness (QED) is 0.723. The van der Waals surface area contributed by atoms with Crippen LogP contribution in [0.15, 0.2) is 42.5 Å². The summed E-state index contributed by atoms with van der Waals surface area (Å²) in [5.41, 5.74) is 6.92. The first-order valence-electron chi connectivity index (χ1n) is 4.83. The lowest BCUT2D eigenvalue weighted by atomic mass is 10.2. The molecule has 1 atom stereocenters. The van der Waals surface area contributed by atoms with Gasteiger partial charge in [-0.05, 0) is 12.5 Å². The van der Waals surface area contributed by atoms with Crippen LogP contribution in [0.5, 0.6) is 0 Å². The molecule has 14 heavy (non-hydrogen) atoms. The van der Waals surface area contributed by atoms with Crippen LogP contribution in [0.2, 0.25) is 0 Å². The Morgan fingerprint density at radius 1 is 1.36 bits per heavy atom. The third-order valence-electron chi connectivity index (χ3n) is 1.86. The predicted octanol–water partition coefficient (Wildman–Crippen LogP) is 2.11. The molecule has 0 radical (unpaired) electrons. The Balaban J connectivity index is 2.22. The standard InChI is InChI=1S/C12H17NO/c1-2-6-12(13)10-14-9-11-7-4-3-5-8-11/h2-8,12H,9-10,13H2,1H3. The van der Waals surface area contributed by atoms with E-state index in [1.54, 1.807) is 0 Å². The Bertz CT molecular complexity index is 269. The summed E-state index contributed by atoms with van der Waals surface area (Å²) >= 11 is 0. The summed E-state index contributed by atoms with van der Waals surface area (Å²) in [6.45, 7) is 3.16. The summed E-state index contributed by atoms with van der Waals surface area (Å²) in [6.07, 6.45) is 3.88. The lowest BCUT2D eigenvalue weighted by Gasteiger charge is -2.07. The molecule has 0 aliphatic heterocycles. The van der Waals surface area contributed by atoms with Gasteiger partial charge in [0.25, 0.3) is 0 Å². The van der Waals surface area contributed by atoms with Crippen LogP contribution in [-0.4, -0.2) is 12.6 Å². The number of hydrogen-bond acceptors (Lipinski definition) is 2. The fraction of sp³-hybridized carbons (Fsp3) is 0.333. The van der Waals surface area contributed by atoms with E-state index < -0.39 is 0 Å². The van der Waals surface area contributed by atoms with Crippen molar-refractivity contribution in [1.29, 1.82) is 0 Å². The van der Waals surface area contributed by atoms with Gasteiger partial charge in [-0.2, -0.15) is 0 Å². The van der Waals surface area contributed by atoms with Gasteiger partial charge in [-0.3, -0.25) is 0 Å². The number of allylic oxidation sites excluding steroid dienone is 1. The monoisotopic (exact) mass is 191 g/mol. The van der Waals surface area contributed by atoms with Crippen LogP contribution >= 0.6 is 0 Å². The third kappa shape index (κ3) is 4.21. The molecule has 76 valence electrons. The molecule has 0 aliphatic rings. The molecule has 1 unspecified atom stereocenters. The SMILES string of the molecule is CC=CC(N)COCc1ccccc1. The first kappa shape index (κ1) is 11.0. The number of hydrogen-bond donors (Lipinski definition) is 1. The van der Waals surface area contributed by atoms with E-state index in [1.807, 2.05) is 49.4 Å². The van der Waals surface area contributed by atoms with Crippen molar-refractivity contribution >= 4 is 0 Å². The molecule has 0 fully saturated rings. The second kappa shape index (κ2) is 6.35. The molecular formula is C12H17NO. The average molecular weight is 191 g/mol. The number of ether oxygens (including phenoxy) is 1. The predicted molar refractivity (Wildman–Crippen MR) is 58.9 cm³/mol. The topological polar surface area (TPSA) is 35.2 Å². The van der Waals surface area contributed by atoms with Gasteiger partial charge in [0.2, 0.25) is 0 Å². The molecule has 2 heteroatoms. The highest BCUT2D eigenvalue weighted by Gasteiger charge is 1.96. The van der Waals surface area contributed by atoms with Crippen molar-refractivity contribution in [1.82, 2.24) is 0 Å². The fourth-order valence-corrected chi connectivity index (χ4v) is 1.19. The summed E-state index contributed by atoms with van der Waals surface area (Å²) < 4.78 is 5.46. The van der Waals surface area contributed by atoms with Crippen LogP contribution in [0.3, 0.4) is 0 Å². The minimum absolute atomic E-state index is 0.00344. The molecule has 0 amide bonds. The van der Waals surface area contributed by atoms with Crippen molar-refractivity contribution < 1.29 is 4.74 Å². The second-order valence-corrected chi connectivity index (χ2v) is 3.19. The Morgan fingerprint density at radius 2 is 2.07 bits per heavy atom. The lowest BCUT2D eigenvalue weighted by Crippen LogP contribution is -2.23. The molecule has 0 saturated heterocycles. The van der Waals surface area contributed by atoms with Crippen molar-refractivity contribution in [3.05, 3.63) is 48.0 Å². The van der Waals surface area contributed by atoms with Gasteiger partial charge in [0.15, 0.2) is 0 Å². The van der Waals surface area contributed by atoms with Gasteiger partial charge in [-0.15, -0.1) is 0 Å². The van der Waals surface area contributed by atoms with Crippen molar-refractivity contribution in [2.24, 2.45) is 5.73 Å². The van der Waals surface area contributed by atoms with Gasteiger partial charge in [-0.25, -0.2) is 0 Å². The molecule has 1 rings (SSSR count). The Morgan fingerprint density at radius 3 is 2.71 bits per heavy atom. The van der Waals surface area contributed by atoms with E-state index in [-0.39, 0.29) is 6.04 Å². The van der Waals surface area contributed by atoms with Gasteiger partial charge in [0.05, 0.1) is 13.2 Å². The normalized spacial score (nSPS) is 13.3. The highest BCUT2D eigenvalue weighted by molar-refractivity contribution is 5.13. The molecule has 0 heterocycles. The summed E-state index contributed by atoms with van der Waals surface area (Å²) in [4.78, 5) is 0. The van der Waals surface area contributed by atoms with E-state index in [2.05, 4.69) is 0 Å². The van der Waals surface area contributed by atoms with Crippen LogP contribution in [0.4, 0.5) is 0 Å². The highest BCUT2D eigenvalue weighted by Crippen LogP contribution is 2.00. The molecule has 0 bridgehead atoms. The maximum Gasteiger partial charge on any atom is 0.0717 e. The minimum atomic E-state index is 0.00344. The highest BCUT2D eigenvalue weighted by atomic mass is 16.5. The molecule has 1 aromatic carbocycles. The van der Waals surface area contributed by atoms with Crippen molar-refractivity contribution in [3.8, 4) is 0 Å². The first-order valence-corrected chi connectivity index (χ1v) is 4.83. The van der Waals surface area contributed by atoms with Crippen LogP contribution in [0, 0.1) is 0 Å². The molecule has 2 nitrogen and oxygen atoms in total. The van der Waals surface area contributed by atoms with E-state index in [4.69, 9.17) is 10.5 Å². The molecular weight excluding hydrogens is 174 g/mol. The smallest absolute Gasteiger partial charge is 0.0717 e. The van der Waals surface area contributed by atoms with Crippen LogP contribution in [0.25, 0.3) is 0 Å². The zero-order valence-corrected chi connectivity index (χ0v) is 8.52. The van der Waals surface area contributed by atoms with Gasteiger partial charge in [0.1, 0.15) is 0 Å². The summed E-state index contributed by atoms with van der Waals surface area (Å²) in [6, 6.07) is 10.1. The fourth-order valence-electron chi connectivity index (χ4n) is 1.19. The molecule has 0 saturated carbocycles. The van der Waals surface area contributed by atoms with Crippen molar-refractivity contribution in [2.75, 3.05) is 6.61 Å². The van der Waals surface area contributed by atoms with E-state index in [9.17, 15) is 0 Å².